The number of halogens is 2. The van der Waals surface area contributed by atoms with E-state index in [2.05, 4.69) is 9.98 Å². The average molecular weight is 305 g/mol. The van der Waals surface area contributed by atoms with E-state index in [1.807, 2.05) is 24.0 Å². The second kappa shape index (κ2) is 5.00. The van der Waals surface area contributed by atoms with Crippen molar-refractivity contribution in [1.82, 2.24) is 4.98 Å². The van der Waals surface area contributed by atoms with E-state index in [1.54, 1.807) is 18.2 Å². The first-order valence-electron chi connectivity index (χ1n) is 6.48. The number of nitrogens with zero attached hydrogens (tertiary/aromatic N) is 3. The largest absolute Gasteiger partial charge is 0.369 e. The maximum absolute atomic E-state index is 13.1. The van der Waals surface area contributed by atoms with Gasteiger partial charge in [0, 0.05) is 10.7 Å². The fourth-order valence-electron chi connectivity index (χ4n) is 2.53. The summed E-state index contributed by atoms with van der Waals surface area (Å²) in [6.07, 6.45) is 1.20. The van der Waals surface area contributed by atoms with E-state index in [1.165, 1.54) is 12.3 Å². The van der Waals surface area contributed by atoms with Gasteiger partial charge in [0.1, 0.15) is 11.4 Å². The summed E-state index contributed by atoms with van der Waals surface area (Å²) in [5.74, 6) is 0.0400. The number of aromatic nitrogens is 1. The predicted molar refractivity (Wildman–Crippen MR) is 82.0 cm³/mol. The molecule has 2 N–H and O–H groups in total. The van der Waals surface area contributed by atoms with Gasteiger partial charge in [-0.05, 0) is 43.3 Å². The third-order valence-corrected chi connectivity index (χ3v) is 3.89. The second-order valence-electron chi connectivity index (χ2n) is 5.12. The Morgan fingerprint density at radius 2 is 1.95 bits per heavy atom. The van der Waals surface area contributed by atoms with Crippen LogP contribution in [0.1, 0.15) is 12.6 Å². The molecule has 1 aromatic heterocycles. The highest BCUT2D eigenvalue weighted by molar-refractivity contribution is 6.30. The van der Waals surface area contributed by atoms with Gasteiger partial charge in [0.15, 0.2) is 5.96 Å². The Morgan fingerprint density at radius 3 is 2.57 bits per heavy atom. The van der Waals surface area contributed by atoms with Crippen LogP contribution in [-0.2, 0) is 5.54 Å². The molecule has 0 radical (unpaired) electrons. The van der Waals surface area contributed by atoms with Crippen LogP contribution < -0.4 is 10.6 Å². The molecule has 2 aromatic rings. The fourth-order valence-corrected chi connectivity index (χ4v) is 2.65. The summed E-state index contributed by atoms with van der Waals surface area (Å²) in [6.45, 7) is 2.44. The van der Waals surface area contributed by atoms with Gasteiger partial charge >= 0.3 is 0 Å². The SMILES string of the molecule is CC1(c2ccc(F)cn2)CN=C(N)N1c1ccc(Cl)cc1. The minimum Gasteiger partial charge on any atom is -0.369 e. The molecule has 108 valence electrons. The lowest BCUT2D eigenvalue weighted by atomic mass is 9.95. The molecular weight excluding hydrogens is 291 g/mol. The highest BCUT2D eigenvalue weighted by atomic mass is 35.5. The maximum atomic E-state index is 13.1. The van der Waals surface area contributed by atoms with Crippen LogP contribution in [0.15, 0.2) is 47.6 Å². The molecule has 0 aliphatic carbocycles. The Bertz CT molecular complexity index is 684. The summed E-state index contributed by atoms with van der Waals surface area (Å²) in [7, 11) is 0. The summed E-state index contributed by atoms with van der Waals surface area (Å²) < 4.78 is 13.1. The number of guanidine groups is 1. The van der Waals surface area contributed by atoms with Crippen LogP contribution in [-0.4, -0.2) is 17.5 Å². The van der Waals surface area contributed by atoms with E-state index in [9.17, 15) is 4.39 Å². The zero-order chi connectivity index (χ0) is 15.0. The molecule has 1 unspecified atom stereocenters. The number of aliphatic imine (C=N–C) groups is 1. The van der Waals surface area contributed by atoms with Gasteiger partial charge in [-0.3, -0.25) is 14.9 Å². The molecule has 4 nitrogen and oxygen atoms in total. The van der Waals surface area contributed by atoms with E-state index in [-0.39, 0.29) is 5.82 Å². The summed E-state index contributed by atoms with van der Waals surface area (Å²) >= 11 is 5.93. The Hall–Kier alpha value is -2.14. The number of pyridine rings is 1. The first kappa shape index (κ1) is 13.8. The normalized spacial score (nSPS) is 21.5. The molecular formula is C15H14ClFN4. The van der Waals surface area contributed by atoms with Crippen molar-refractivity contribution in [3.8, 4) is 0 Å². The van der Waals surface area contributed by atoms with Crippen LogP contribution >= 0.6 is 11.6 Å². The first-order valence-corrected chi connectivity index (χ1v) is 6.86. The monoisotopic (exact) mass is 304 g/mol. The highest BCUT2D eigenvalue weighted by Gasteiger charge is 2.41. The van der Waals surface area contributed by atoms with Crippen LogP contribution in [0, 0.1) is 5.82 Å². The third kappa shape index (κ3) is 2.34. The lowest BCUT2D eigenvalue weighted by Gasteiger charge is -2.35. The molecule has 1 aliphatic heterocycles. The summed E-state index contributed by atoms with van der Waals surface area (Å²) in [5, 5.41) is 0.648. The fraction of sp³-hybridized carbons (Fsp3) is 0.200. The van der Waals surface area contributed by atoms with Gasteiger partial charge in [-0.15, -0.1) is 0 Å². The first-order chi connectivity index (χ1) is 10.0. The van der Waals surface area contributed by atoms with Gasteiger partial charge in [-0.2, -0.15) is 0 Å². The van der Waals surface area contributed by atoms with Crippen LogP contribution in [0.5, 0.6) is 0 Å². The molecule has 0 bridgehead atoms. The van der Waals surface area contributed by atoms with Gasteiger partial charge in [0.05, 0.1) is 18.4 Å². The van der Waals surface area contributed by atoms with E-state index < -0.39 is 5.54 Å². The Balaban J connectivity index is 2.05. The molecule has 2 heterocycles. The number of benzene rings is 1. The molecule has 0 fully saturated rings. The van der Waals surface area contributed by atoms with Crippen molar-refractivity contribution in [2.45, 2.75) is 12.5 Å². The topological polar surface area (TPSA) is 54.5 Å². The molecule has 0 saturated heterocycles. The van der Waals surface area contributed by atoms with Crippen molar-refractivity contribution >= 4 is 23.2 Å². The maximum Gasteiger partial charge on any atom is 0.196 e. The van der Waals surface area contributed by atoms with Gasteiger partial charge in [0.2, 0.25) is 0 Å². The van der Waals surface area contributed by atoms with Crippen molar-refractivity contribution in [1.29, 1.82) is 0 Å². The number of hydrogen-bond donors (Lipinski definition) is 1. The van der Waals surface area contributed by atoms with Crippen molar-refractivity contribution in [2.24, 2.45) is 10.7 Å². The van der Waals surface area contributed by atoms with Crippen LogP contribution in [0.2, 0.25) is 5.02 Å². The number of hydrogen-bond acceptors (Lipinski definition) is 4. The quantitative estimate of drug-likeness (QED) is 0.928. The highest BCUT2D eigenvalue weighted by Crippen LogP contribution is 2.36. The number of rotatable bonds is 2. The van der Waals surface area contributed by atoms with Crippen molar-refractivity contribution < 1.29 is 4.39 Å². The van der Waals surface area contributed by atoms with Gasteiger partial charge in [-0.25, -0.2) is 4.39 Å². The summed E-state index contributed by atoms with van der Waals surface area (Å²) in [4.78, 5) is 10.4. The third-order valence-electron chi connectivity index (χ3n) is 3.64. The molecule has 3 rings (SSSR count). The smallest absolute Gasteiger partial charge is 0.196 e. The van der Waals surface area contributed by atoms with Gasteiger partial charge < -0.3 is 5.73 Å². The average Bonchev–Trinajstić information content (AvgIpc) is 2.78. The van der Waals surface area contributed by atoms with Gasteiger partial charge in [0.25, 0.3) is 0 Å². The zero-order valence-electron chi connectivity index (χ0n) is 11.4. The minimum atomic E-state index is -0.550. The lowest BCUT2D eigenvalue weighted by Crippen LogP contribution is -2.48. The molecule has 6 heteroatoms. The summed E-state index contributed by atoms with van der Waals surface area (Å²) in [5.41, 5.74) is 7.06. The minimum absolute atomic E-state index is 0.368. The van der Waals surface area contributed by atoms with Crippen molar-refractivity contribution in [3.05, 3.63) is 59.1 Å². The van der Waals surface area contributed by atoms with Gasteiger partial charge in [-0.1, -0.05) is 11.6 Å². The molecule has 1 aromatic carbocycles. The summed E-state index contributed by atoms with van der Waals surface area (Å²) in [6, 6.07) is 10.4. The van der Waals surface area contributed by atoms with Crippen molar-refractivity contribution in [2.75, 3.05) is 11.4 Å². The molecule has 21 heavy (non-hydrogen) atoms. The lowest BCUT2D eigenvalue weighted by molar-refractivity contribution is 0.511. The van der Waals surface area contributed by atoms with E-state index in [0.717, 1.165) is 5.69 Å². The van der Waals surface area contributed by atoms with Crippen LogP contribution in [0.4, 0.5) is 10.1 Å². The van der Waals surface area contributed by atoms with Crippen LogP contribution in [0.25, 0.3) is 0 Å². The van der Waals surface area contributed by atoms with E-state index in [0.29, 0.717) is 23.2 Å². The van der Waals surface area contributed by atoms with E-state index >= 15 is 0 Å². The Morgan fingerprint density at radius 1 is 1.24 bits per heavy atom. The number of nitrogens with two attached hydrogens (primary N) is 1. The van der Waals surface area contributed by atoms with E-state index in [4.69, 9.17) is 17.3 Å². The molecule has 1 atom stereocenters. The second-order valence-corrected chi connectivity index (χ2v) is 5.56. The Kier molecular flexibility index (Phi) is 3.29. The molecule has 0 spiro atoms. The zero-order valence-corrected chi connectivity index (χ0v) is 12.2. The van der Waals surface area contributed by atoms with Crippen LogP contribution in [0.3, 0.4) is 0 Å². The molecule has 1 aliphatic rings. The Labute approximate surface area is 127 Å². The van der Waals surface area contributed by atoms with Crippen molar-refractivity contribution in [3.63, 3.8) is 0 Å². The standard InChI is InChI=1S/C15H14ClFN4/c1-15(13-7-4-11(17)8-19-13)9-20-14(18)21(15)12-5-2-10(16)3-6-12/h2-8H,9H2,1H3,(H2,18,20). The number of anilines is 1. The molecule has 0 amide bonds. The molecule has 0 saturated carbocycles. The predicted octanol–water partition coefficient (Wildman–Crippen LogP) is 2.92.